The Kier molecular flexibility index (Phi) is 4.34. The number of morpholine rings is 1. The zero-order chi connectivity index (χ0) is 13.8. The Morgan fingerprint density at radius 3 is 3.11 bits per heavy atom. The number of hydrogen-bond acceptors (Lipinski definition) is 6. The lowest BCUT2D eigenvalue weighted by Gasteiger charge is -2.37. The average Bonchev–Trinajstić information content (AvgIpc) is 2.45. The summed E-state index contributed by atoms with van der Waals surface area (Å²) in [5.41, 5.74) is 1.16. The minimum atomic E-state index is -0.457. The van der Waals surface area contributed by atoms with E-state index in [-0.39, 0.29) is 24.5 Å². The Labute approximate surface area is 112 Å². The van der Waals surface area contributed by atoms with Crippen molar-refractivity contribution < 1.29 is 19.4 Å². The van der Waals surface area contributed by atoms with E-state index in [1.807, 2.05) is 13.0 Å². The number of nitrogens with zero attached hydrogens (tertiary/aromatic N) is 2. The van der Waals surface area contributed by atoms with Gasteiger partial charge in [-0.05, 0) is 19.1 Å². The molecule has 0 aromatic carbocycles. The van der Waals surface area contributed by atoms with Crippen LogP contribution in [0.4, 0.5) is 5.69 Å². The number of esters is 1. The van der Waals surface area contributed by atoms with Gasteiger partial charge < -0.3 is 19.5 Å². The van der Waals surface area contributed by atoms with Crippen molar-refractivity contribution in [2.75, 3.05) is 31.7 Å². The molecule has 1 saturated heterocycles. The third kappa shape index (κ3) is 3.21. The van der Waals surface area contributed by atoms with Crippen molar-refractivity contribution in [1.82, 2.24) is 4.98 Å². The van der Waals surface area contributed by atoms with Gasteiger partial charge in [-0.15, -0.1) is 0 Å². The van der Waals surface area contributed by atoms with Crippen molar-refractivity contribution in [2.24, 2.45) is 0 Å². The molecule has 104 valence electrons. The predicted molar refractivity (Wildman–Crippen MR) is 69.2 cm³/mol. The van der Waals surface area contributed by atoms with Crippen LogP contribution in [-0.2, 0) is 9.47 Å². The molecule has 1 aromatic rings. The molecule has 6 heteroatoms. The van der Waals surface area contributed by atoms with Gasteiger partial charge in [0.05, 0.1) is 25.9 Å². The van der Waals surface area contributed by atoms with Gasteiger partial charge in [0, 0.05) is 25.0 Å². The fourth-order valence-corrected chi connectivity index (χ4v) is 2.19. The van der Waals surface area contributed by atoms with E-state index in [4.69, 9.17) is 4.74 Å². The molecule has 2 unspecified atom stereocenters. The van der Waals surface area contributed by atoms with E-state index in [0.29, 0.717) is 13.1 Å². The van der Waals surface area contributed by atoms with Gasteiger partial charge in [0.1, 0.15) is 5.69 Å². The molecule has 0 spiro atoms. The van der Waals surface area contributed by atoms with E-state index in [2.05, 4.69) is 14.6 Å². The highest BCUT2D eigenvalue weighted by atomic mass is 16.5. The lowest BCUT2D eigenvalue weighted by atomic mass is 10.2. The summed E-state index contributed by atoms with van der Waals surface area (Å²) in [7, 11) is 1.33. The van der Waals surface area contributed by atoms with Crippen LogP contribution in [0.5, 0.6) is 0 Å². The van der Waals surface area contributed by atoms with Gasteiger partial charge in [0.2, 0.25) is 0 Å². The van der Waals surface area contributed by atoms with Crippen LogP contribution >= 0.6 is 0 Å². The molecule has 1 aromatic heterocycles. The quantitative estimate of drug-likeness (QED) is 0.801. The first-order valence-electron chi connectivity index (χ1n) is 6.19. The molecule has 0 aliphatic carbocycles. The van der Waals surface area contributed by atoms with Gasteiger partial charge in [-0.1, -0.05) is 0 Å². The topological polar surface area (TPSA) is 71.9 Å². The van der Waals surface area contributed by atoms with Crippen LogP contribution in [0.3, 0.4) is 0 Å². The monoisotopic (exact) mass is 266 g/mol. The largest absolute Gasteiger partial charge is 0.464 e. The maximum Gasteiger partial charge on any atom is 0.356 e. The smallest absolute Gasteiger partial charge is 0.356 e. The summed E-state index contributed by atoms with van der Waals surface area (Å²) < 4.78 is 10.2. The molecule has 0 saturated carbocycles. The number of anilines is 1. The number of hydrogen-bond donors (Lipinski definition) is 1. The van der Waals surface area contributed by atoms with Crippen molar-refractivity contribution >= 4 is 11.7 Å². The Morgan fingerprint density at radius 1 is 1.63 bits per heavy atom. The molecule has 2 heterocycles. The second kappa shape index (κ2) is 5.99. The minimum Gasteiger partial charge on any atom is -0.464 e. The molecule has 2 rings (SSSR count). The lowest BCUT2D eigenvalue weighted by molar-refractivity contribution is -0.0421. The molecule has 1 N–H and O–H groups in total. The van der Waals surface area contributed by atoms with Gasteiger partial charge in [0.15, 0.2) is 0 Å². The molecule has 0 bridgehead atoms. The van der Waals surface area contributed by atoms with E-state index < -0.39 is 5.97 Å². The number of methoxy groups -OCH3 is 1. The zero-order valence-corrected chi connectivity index (χ0v) is 11.1. The number of rotatable bonds is 3. The molecule has 1 fully saturated rings. The van der Waals surface area contributed by atoms with Crippen molar-refractivity contribution in [1.29, 1.82) is 0 Å². The zero-order valence-electron chi connectivity index (χ0n) is 11.1. The summed E-state index contributed by atoms with van der Waals surface area (Å²) in [6.07, 6.45) is 1.40. The van der Waals surface area contributed by atoms with Crippen molar-refractivity contribution in [3.8, 4) is 0 Å². The van der Waals surface area contributed by atoms with Crippen LogP contribution in [0.2, 0.25) is 0 Å². The highest BCUT2D eigenvalue weighted by molar-refractivity contribution is 5.88. The first-order valence-corrected chi connectivity index (χ1v) is 6.19. The molecule has 2 atom stereocenters. The number of aliphatic hydroxyl groups is 1. The first kappa shape index (κ1) is 13.8. The highest BCUT2D eigenvalue weighted by Crippen LogP contribution is 2.20. The fraction of sp³-hybridized carbons (Fsp3) is 0.538. The summed E-state index contributed by atoms with van der Waals surface area (Å²) >= 11 is 0. The summed E-state index contributed by atoms with van der Waals surface area (Å²) in [6.45, 7) is 3.24. The Hall–Kier alpha value is -1.66. The van der Waals surface area contributed by atoms with Gasteiger partial charge in [-0.3, -0.25) is 0 Å². The van der Waals surface area contributed by atoms with Crippen LogP contribution < -0.4 is 4.90 Å². The second-order valence-corrected chi connectivity index (χ2v) is 4.55. The third-order valence-corrected chi connectivity index (χ3v) is 3.03. The minimum absolute atomic E-state index is 0.0181. The normalized spacial score (nSPS) is 23.2. The predicted octanol–water partition coefficient (Wildman–Crippen LogP) is 0.454. The van der Waals surface area contributed by atoms with Gasteiger partial charge in [-0.2, -0.15) is 0 Å². The van der Waals surface area contributed by atoms with Crippen molar-refractivity contribution in [3.05, 3.63) is 24.0 Å². The highest BCUT2D eigenvalue weighted by Gasteiger charge is 2.25. The third-order valence-electron chi connectivity index (χ3n) is 3.03. The molecule has 1 aliphatic rings. The van der Waals surface area contributed by atoms with E-state index in [0.717, 1.165) is 5.69 Å². The number of carbonyl (C=O) groups excluding carboxylic acids is 1. The summed E-state index contributed by atoms with van der Waals surface area (Å²) in [6, 6.07) is 3.53. The number of aromatic nitrogens is 1. The van der Waals surface area contributed by atoms with Crippen LogP contribution in [0, 0.1) is 0 Å². The fourth-order valence-electron chi connectivity index (χ4n) is 2.19. The number of aliphatic hydroxyl groups excluding tert-OH is 1. The Morgan fingerprint density at radius 2 is 2.42 bits per heavy atom. The average molecular weight is 266 g/mol. The molecule has 0 amide bonds. The molecular weight excluding hydrogens is 248 g/mol. The standard InChI is InChI=1S/C13H18N2O4/c1-9-6-15(7-11(8-16)19-9)10-3-4-14-12(5-10)13(17)18-2/h3-5,9,11,16H,6-8H2,1-2H3. The van der Waals surface area contributed by atoms with Crippen LogP contribution in [0.15, 0.2) is 18.3 Å². The maximum atomic E-state index is 11.5. The Bertz CT molecular complexity index is 452. The van der Waals surface area contributed by atoms with Crippen LogP contribution in [-0.4, -0.2) is 55.1 Å². The van der Waals surface area contributed by atoms with Gasteiger partial charge >= 0.3 is 5.97 Å². The SMILES string of the molecule is COC(=O)c1cc(N2CC(C)OC(CO)C2)ccn1. The summed E-state index contributed by atoms with van der Waals surface area (Å²) in [4.78, 5) is 17.5. The second-order valence-electron chi connectivity index (χ2n) is 4.55. The maximum absolute atomic E-state index is 11.5. The van der Waals surface area contributed by atoms with Crippen molar-refractivity contribution in [3.63, 3.8) is 0 Å². The van der Waals surface area contributed by atoms with Crippen LogP contribution in [0.1, 0.15) is 17.4 Å². The van der Waals surface area contributed by atoms with E-state index in [9.17, 15) is 9.90 Å². The first-order chi connectivity index (χ1) is 9.13. The molecule has 0 radical (unpaired) electrons. The molecular formula is C13H18N2O4. The Balaban J connectivity index is 2.18. The molecule has 19 heavy (non-hydrogen) atoms. The summed E-state index contributed by atoms with van der Waals surface area (Å²) in [5.74, 6) is -0.457. The summed E-state index contributed by atoms with van der Waals surface area (Å²) in [5, 5.41) is 9.22. The van der Waals surface area contributed by atoms with Gasteiger partial charge in [-0.25, -0.2) is 9.78 Å². The molecule has 6 nitrogen and oxygen atoms in total. The van der Waals surface area contributed by atoms with E-state index in [1.54, 1.807) is 12.3 Å². The van der Waals surface area contributed by atoms with E-state index >= 15 is 0 Å². The van der Waals surface area contributed by atoms with Crippen molar-refractivity contribution in [2.45, 2.75) is 19.1 Å². The number of pyridine rings is 1. The van der Waals surface area contributed by atoms with E-state index in [1.165, 1.54) is 7.11 Å². The number of ether oxygens (including phenoxy) is 2. The van der Waals surface area contributed by atoms with Crippen LogP contribution in [0.25, 0.3) is 0 Å². The number of carbonyl (C=O) groups is 1. The van der Waals surface area contributed by atoms with Gasteiger partial charge in [0.25, 0.3) is 0 Å². The molecule has 1 aliphatic heterocycles. The lowest BCUT2D eigenvalue weighted by Crippen LogP contribution is -2.48.